The van der Waals surface area contributed by atoms with Gasteiger partial charge in [-0.3, -0.25) is 19.5 Å². The molecule has 1 aliphatic heterocycles. The van der Waals surface area contributed by atoms with Gasteiger partial charge in [0.05, 0.1) is 10.9 Å². The molecule has 1 aromatic carbocycles. The molecule has 0 bridgehead atoms. The number of aromatic amines is 1. The molecule has 3 aromatic heterocycles. The molecule has 7 nitrogen and oxygen atoms in total. The molecule has 0 unspecified atom stereocenters. The molecule has 34 heavy (non-hydrogen) atoms. The predicted molar refractivity (Wildman–Crippen MR) is 140 cm³/mol. The summed E-state index contributed by atoms with van der Waals surface area (Å²) in [7, 11) is 3.64. The van der Waals surface area contributed by atoms with E-state index < -0.39 is 0 Å². The Morgan fingerprint density at radius 1 is 1.24 bits per heavy atom. The number of nitrogens with one attached hydrogen (secondary N) is 1. The summed E-state index contributed by atoms with van der Waals surface area (Å²) in [6.07, 6.45) is 3.56. The lowest BCUT2D eigenvalue weighted by atomic mass is 9.95. The molecule has 4 aromatic rings. The van der Waals surface area contributed by atoms with Crippen LogP contribution in [0.2, 0.25) is 0 Å². The molecule has 1 amide bonds. The highest BCUT2D eigenvalue weighted by atomic mass is 35.5. The largest absolute Gasteiger partial charge is 0.349 e. The lowest BCUT2D eigenvalue weighted by Crippen LogP contribution is -2.39. The Morgan fingerprint density at radius 2 is 2.00 bits per heavy atom. The van der Waals surface area contributed by atoms with E-state index in [1.165, 1.54) is 0 Å². The van der Waals surface area contributed by atoms with Crippen LogP contribution in [0.4, 0.5) is 0 Å². The smallest absolute Gasteiger partial charge is 0.259 e. The number of hydrogen-bond donors (Lipinski definition) is 1. The van der Waals surface area contributed by atoms with Gasteiger partial charge in [0, 0.05) is 42.8 Å². The van der Waals surface area contributed by atoms with Crippen LogP contribution in [-0.2, 0) is 11.3 Å². The zero-order chi connectivity index (χ0) is 23.1. The fourth-order valence-electron chi connectivity index (χ4n) is 4.65. The number of likely N-dealkylation sites (tertiary alicyclic amines) is 1. The SMILES string of the molecule is Cc1cc(CN2CCC(C(=O)N(C)C)CC2)cc2c(=O)[nH]c(-c3cc4sccc4cn3)nc12.Cl. The number of aryl methyl sites for hydroxylation is 1. The number of nitrogens with zero attached hydrogens (tertiary/aromatic N) is 4. The lowest BCUT2D eigenvalue weighted by molar-refractivity contribution is -0.134. The fourth-order valence-corrected chi connectivity index (χ4v) is 5.45. The van der Waals surface area contributed by atoms with Crippen LogP contribution in [0.5, 0.6) is 0 Å². The van der Waals surface area contributed by atoms with Gasteiger partial charge in [-0.1, -0.05) is 6.07 Å². The third-order valence-corrected chi connectivity index (χ3v) is 7.30. The normalized spacial score (nSPS) is 14.9. The van der Waals surface area contributed by atoms with Crippen LogP contribution >= 0.6 is 23.7 Å². The number of benzene rings is 1. The second kappa shape index (κ2) is 9.82. The van der Waals surface area contributed by atoms with E-state index in [1.807, 2.05) is 50.8 Å². The van der Waals surface area contributed by atoms with Gasteiger partial charge < -0.3 is 9.88 Å². The highest BCUT2D eigenvalue weighted by Crippen LogP contribution is 2.26. The number of halogens is 1. The predicted octanol–water partition coefficient (Wildman–Crippen LogP) is 4.23. The van der Waals surface area contributed by atoms with Gasteiger partial charge >= 0.3 is 0 Å². The monoisotopic (exact) mass is 497 g/mol. The molecule has 0 radical (unpaired) electrons. The topological polar surface area (TPSA) is 82.2 Å². The van der Waals surface area contributed by atoms with Crippen LogP contribution in [0.3, 0.4) is 0 Å². The van der Waals surface area contributed by atoms with Crippen molar-refractivity contribution in [1.82, 2.24) is 24.8 Å². The molecule has 1 saturated heterocycles. The van der Waals surface area contributed by atoms with Crippen molar-refractivity contribution in [3.05, 3.63) is 57.3 Å². The first-order valence-electron chi connectivity index (χ1n) is 11.2. The molecule has 9 heteroatoms. The summed E-state index contributed by atoms with van der Waals surface area (Å²) in [4.78, 5) is 41.4. The maximum absolute atomic E-state index is 13.0. The second-order valence-corrected chi connectivity index (χ2v) is 9.98. The van der Waals surface area contributed by atoms with E-state index in [-0.39, 0.29) is 29.8 Å². The van der Waals surface area contributed by atoms with Crippen LogP contribution in [0.1, 0.15) is 24.0 Å². The summed E-state index contributed by atoms with van der Waals surface area (Å²) >= 11 is 1.64. The summed E-state index contributed by atoms with van der Waals surface area (Å²) in [5, 5.41) is 3.72. The van der Waals surface area contributed by atoms with E-state index in [4.69, 9.17) is 4.98 Å². The maximum Gasteiger partial charge on any atom is 0.259 e. The molecule has 4 heterocycles. The van der Waals surface area contributed by atoms with Crippen molar-refractivity contribution in [2.75, 3.05) is 27.2 Å². The van der Waals surface area contributed by atoms with Gasteiger partial charge in [0.15, 0.2) is 5.82 Å². The molecule has 0 atom stereocenters. The van der Waals surface area contributed by atoms with Gasteiger partial charge in [-0.2, -0.15) is 0 Å². The quantitative estimate of drug-likeness (QED) is 0.456. The molecule has 0 aliphatic carbocycles. The van der Waals surface area contributed by atoms with Crippen molar-refractivity contribution in [2.45, 2.75) is 26.3 Å². The van der Waals surface area contributed by atoms with Gasteiger partial charge in [0.1, 0.15) is 5.69 Å². The molecule has 1 aliphatic rings. The summed E-state index contributed by atoms with van der Waals surface area (Å²) in [6.45, 7) is 4.52. The van der Waals surface area contributed by atoms with Crippen molar-refractivity contribution in [3.8, 4) is 11.5 Å². The van der Waals surface area contributed by atoms with Gasteiger partial charge in [0.2, 0.25) is 5.91 Å². The Labute approximate surface area is 208 Å². The number of H-pyrrole nitrogens is 1. The third-order valence-electron chi connectivity index (χ3n) is 6.42. The van der Waals surface area contributed by atoms with E-state index >= 15 is 0 Å². The summed E-state index contributed by atoms with van der Waals surface area (Å²) in [5.41, 5.74) is 3.30. The molecular weight excluding hydrogens is 470 g/mol. The van der Waals surface area contributed by atoms with E-state index in [2.05, 4.69) is 20.9 Å². The van der Waals surface area contributed by atoms with E-state index in [9.17, 15) is 9.59 Å². The van der Waals surface area contributed by atoms with Crippen LogP contribution < -0.4 is 5.56 Å². The third kappa shape index (κ3) is 4.71. The van der Waals surface area contributed by atoms with Crippen LogP contribution in [0.25, 0.3) is 32.5 Å². The molecule has 5 rings (SSSR count). The number of fused-ring (bicyclic) bond motifs is 2. The first-order chi connectivity index (χ1) is 15.9. The number of carbonyl (C=O) groups excluding carboxylic acids is 1. The van der Waals surface area contributed by atoms with Crippen molar-refractivity contribution >= 4 is 50.6 Å². The zero-order valence-corrected chi connectivity index (χ0v) is 21.1. The summed E-state index contributed by atoms with van der Waals surface area (Å²) in [6, 6.07) is 8.07. The minimum absolute atomic E-state index is 0. The van der Waals surface area contributed by atoms with Crippen molar-refractivity contribution in [1.29, 1.82) is 0 Å². The first kappa shape index (κ1) is 24.3. The highest BCUT2D eigenvalue weighted by Gasteiger charge is 2.26. The molecule has 1 fully saturated rings. The average molecular weight is 498 g/mol. The van der Waals surface area contributed by atoms with Crippen molar-refractivity contribution in [2.24, 2.45) is 5.92 Å². The number of carbonyl (C=O) groups is 1. The van der Waals surface area contributed by atoms with Crippen LogP contribution in [0, 0.1) is 12.8 Å². The van der Waals surface area contributed by atoms with Crippen LogP contribution in [-0.4, -0.2) is 57.8 Å². The van der Waals surface area contributed by atoms with Gasteiger partial charge in [-0.05, 0) is 67.6 Å². The Balaban J connectivity index is 0.00000274. The van der Waals surface area contributed by atoms with Gasteiger partial charge in [0.25, 0.3) is 5.56 Å². The molecule has 0 spiro atoms. The second-order valence-electron chi connectivity index (χ2n) is 9.03. The van der Waals surface area contributed by atoms with E-state index in [0.29, 0.717) is 22.4 Å². The minimum atomic E-state index is -0.150. The zero-order valence-electron chi connectivity index (χ0n) is 19.5. The molecule has 0 saturated carbocycles. The fraction of sp³-hybridized carbons (Fsp3) is 0.360. The number of aromatic nitrogens is 3. The average Bonchev–Trinajstić information content (AvgIpc) is 3.27. The molecule has 1 N–H and O–H groups in total. The number of pyridine rings is 1. The molecular formula is C25H28ClN5O2S. The number of amides is 1. The number of rotatable bonds is 4. The van der Waals surface area contributed by atoms with Crippen molar-refractivity contribution < 1.29 is 4.79 Å². The summed E-state index contributed by atoms with van der Waals surface area (Å²) < 4.78 is 1.12. The van der Waals surface area contributed by atoms with Crippen molar-refractivity contribution in [3.63, 3.8) is 0 Å². The number of thiophene rings is 1. The minimum Gasteiger partial charge on any atom is -0.349 e. The number of piperidine rings is 1. The Kier molecular flexibility index (Phi) is 7.02. The standard InChI is InChI=1S/C25H27N5O2S.ClH/c1-15-10-16(14-30-7-4-17(5-8-30)25(32)29(2)3)11-19-22(15)27-23(28-24(19)31)20-12-21-18(13-26-20)6-9-33-21;/h6,9-13,17H,4-5,7-8,14H2,1-3H3,(H,27,28,31);1H. The Morgan fingerprint density at radius 3 is 2.74 bits per heavy atom. The maximum atomic E-state index is 13.0. The first-order valence-corrected chi connectivity index (χ1v) is 12.1. The lowest BCUT2D eigenvalue weighted by Gasteiger charge is -2.32. The van der Waals surface area contributed by atoms with E-state index in [0.717, 1.165) is 53.7 Å². The van der Waals surface area contributed by atoms with Crippen LogP contribution in [0.15, 0.2) is 40.6 Å². The highest BCUT2D eigenvalue weighted by molar-refractivity contribution is 7.17. The molecule has 178 valence electrons. The van der Waals surface area contributed by atoms with E-state index in [1.54, 1.807) is 16.2 Å². The Hall–Kier alpha value is -2.81. The Bertz CT molecular complexity index is 1410. The number of hydrogen-bond acceptors (Lipinski definition) is 6. The summed E-state index contributed by atoms with van der Waals surface area (Å²) in [5.74, 6) is 0.825. The van der Waals surface area contributed by atoms with Gasteiger partial charge in [-0.25, -0.2) is 4.98 Å². The van der Waals surface area contributed by atoms with Gasteiger partial charge in [-0.15, -0.1) is 23.7 Å².